The highest BCUT2D eigenvalue weighted by molar-refractivity contribution is 6.76. The van der Waals surface area contributed by atoms with E-state index in [9.17, 15) is 0 Å². The van der Waals surface area contributed by atoms with E-state index in [0.29, 0.717) is 19.3 Å². The molecular weight excluding hydrogens is 693 g/mol. The Morgan fingerprint density at radius 2 is 1.29 bits per heavy atom. The van der Waals surface area contributed by atoms with Crippen LogP contribution in [0.2, 0.25) is 51.4 Å². The van der Waals surface area contributed by atoms with Crippen molar-refractivity contribution in [1.29, 1.82) is 0 Å². The van der Waals surface area contributed by atoms with Gasteiger partial charge in [0.15, 0.2) is 22.8 Å². The first-order valence-corrected chi connectivity index (χ1v) is 24.8. The summed E-state index contributed by atoms with van der Waals surface area (Å²) in [6.45, 7) is 18.4. The van der Waals surface area contributed by atoms with E-state index in [1.165, 1.54) is 0 Å². The predicted molar refractivity (Wildman–Crippen MR) is 209 cm³/mol. The van der Waals surface area contributed by atoms with E-state index in [1.807, 2.05) is 60.8 Å². The smallest absolute Gasteiger partial charge is 0.179 e. The molecule has 0 aliphatic carbocycles. The number of anilines is 1. The third-order valence-electron chi connectivity index (χ3n) is 8.62. The van der Waals surface area contributed by atoms with Gasteiger partial charge in [0, 0.05) is 67.0 Å². The van der Waals surface area contributed by atoms with Crippen LogP contribution in [0.1, 0.15) is 5.82 Å². The summed E-state index contributed by atoms with van der Waals surface area (Å²) in [5.41, 5.74) is 10.7. The molecule has 7 heterocycles. The van der Waals surface area contributed by atoms with Crippen LogP contribution in [-0.4, -0.2) is 87.6 Å². The minimum absolute atomic E-state index is 0.433. The normalized spacial score (nSPS) is 12.3. The van der Waals surface area contributed by atoms with Gasteiger partial charge in [-0.05, 0) is 31.1 Å². The van der Waals surface area contributed by atoms with Gasteiger partial charge in [-0.15, -0.1) is 10.2 Å². The van der Waals surface area contributed by atoms with Gasteiger partial charge in [0.05, 0.1) is 41.7 Å². The molecule has 0 bridgehead atoms. The van der Waals surface area contributed by atoms with Gasteiger partial charge in [0.25, 0.3) is 0 Å². The van der Waals surface area contributed by atoms with Crippen molar-refractivity contribution in [1.82, 2.24) is 58.2 Å². The number of fused-ring (bicyclic) bond motifs is 4. The van der Waals surface area contributed by atoms with Gasteiger partial charge in [-0.1, -0.05) is 39.3 Å². The second kappa shape index (κ2) is 15.1. The van der Waals surface area contributed by atoms with Crippen LogP contribution in [0, 0.1) is 6.92 Å². The predicted octanol–water partition coefficient (Wildman–Crippen LogP) is 5.53. The van der Waals surface area contributed by atoms with Crippen molar-refractivity contribution in [2.45, 2.75) is 71.8 Å². The Bertz CT molecular complexity index is 2290. The highest BCUT2D eigenvalue weighted by atomic mass is 28.3. The first-order valence-electron chi connectivity index (χ1n) is 17.4. The van der Waals surface area contributed by atoms with Gasteiger partial charge < -0.3 is 14.9 Å². The minimum atomic E-state index is -1.13. The average molecular weight is 743 g/mol. The number of aryl methyl sites for hydroxylation is 3. The number of nitrogens with two attached hydrogens (primary N) is 1. The highest BCUT2D eigenvalue weighted by Crippen LogP contribution is 2.29. The Balaban J connectivity index is 0.000000179. The van der Waals surface area contributed by atoms with E-state index in [0.717, 1.165) is 81.6 Å². The molecule has 0 fully saturated rings. The molecule has 276 valence electrons. The van der Waals surface area contributed by atoms with Crippen molar-refractivity contribution in [3.63, 3.8) is 0 Å². The second-order valence-corrected chi connectivity index (χ2v) is 26.7. The van der Waals surface area contributed by atoms with Gasteiger partial charge in [-0.25, -0.2) is 20.8 Å². The molecule has 0 amide bonds. The fourth-order valence-electron chi connectivity index (χ4n) is 5.71. The Morgan fingerprint density at radius 1 is 0.731 bits per heavy atom. The highest BCUT2D eigenvalue weighted by Gasteiger charge is 2.19. The summed E-state index contributed by atoms with van der Waals surface area (Å²) in [5.74, 6) is 6.82. The lowest BCUT2D eigenvalue weighted by Gasteiger charge is -2.16. The number of nitrogen functional groups attached to an aromatic ring is 1. The van der Waals surface area contributed by atoms with Gasteiger partial charge in [-0.2, -0.15) is 10.2 Å². The lowest BCUT2D eigenvalue weighted by atomic mass is 10.2. The summed E-state index contributed by atoms with van der Waals surface area (Å²) in [5, 5.41) is 17.0. The van der Waals surface area contributed by atoms with Crippen molar-refractivity contribution in [2.24, 2.45) is 19.9 Å². The minimum Gasteiger partial charge on any atom is -0.361 e. The van der Waals surface area contributed by atoms with E-state index in [2.05, 4.69) is 90.7 Å². The lowest BCUT2D eigenvalue weighted by Crippen LogP contribution is -2.22. The standard InChI is InChI=1S/C18H25N7OSi.C16H25N7OSi/c1-13-21-22-17-10-19-18-16(25(13)17)8-15(14-9-20-23(2)11-14)24(18)12-26-6-7-27(3,4)5;1-22-10-12(8-19-22)14-7-13-16(18-9-15(20-13)21-17)23(14)11-24-5-6-25(2,3)4/h8-11H,6-7,12H2,1-5H3;7-10H,5-6,11,17H2,1-4H3,(H,20,21). The first kappa shape index (κ1) is 37.0. The molecule has 7 aromatic rings. The third kappa shape index (κ3) is 8.47. The molecule has 0 atom stereocenters. The fraction of sp³-hybridized carbons (Fsp3) is 0.441. The van der Waals surface area contributed by atoms with Crippen molar-refractivity contribution in [3.8, 4) is 22.5 Å². The molecular formula is C34H50N14O2Si2. The van der Waals surface area contributed by atoms with Crippen molar-refractivity contribution in [2.75, 3.05) is 18.6 Å². The molecule has 0 unspecified atom stereocenters. The summed E-state index contributed by atoms with van der Waals surface area (Å²) in [6, 6.07) is 6.37. The summed E-state index contributed by atoms with van der Waals surface area (Å²) in [4.78, 5) is 13.6. The molecule has 0 aliphatic rings. The molecule has 0 saturated carbocycles. The SMILES string of the molecule is Cc1nnc2cnc3c(cc(-c4cnn(C)c4)n3COCC[Si](C)(C)C)n12.Cn1cc(-c2cc3nc(NN)cnc3n2COCC[Si](C)(C)C)cn1. The van der Waals surface area contributed by atoms with Crippen LogP contribution in [0.3, 0.4) is 0 Å². The zero-order valence-corrected chi connectivity index (χ0v) is 33.6. The molecule has 7 aromatic heterocycles. The van der Waals surface area contributed by atoms with E-state index in [1.54, 1.807) is 21.8 Å². The van der Waals surface area contributed by atoms with Crippen LogP contribution < -0.4 is 11.3 Å². The Kier molecular flexibility index (Phi) is 10.7. The molecule has 0 spiro atoms. The summed E-state index contributed by atoms with van der Waals surface area (Å²) < 4.78 is 21.7. The topological polar surface area (TPSA) is 171 Å². The number of hydrogen-bond donors (Lipinski definition) is 2. The number of aromatic nitrogens is 12. The zero-order valence-electron chi connectivity index (χ0n) is 31.6. The molecule has 0 aliphatic heterocycles. The van der Waals surface area contributed by atoms with Crippen molar-refractivity contribution < 1.29 is 9.47 Å². The quantitative estimate of drug-likeness (QED) is 0.0659. The maximum Gasteiger partial charge on any atom is 0.179 e. The summed E-state index contributed by atoms with van der Waals surface area (Å²) in [7, 11) is 1.57. The maximum atomic E-state index is 6.04. The fourth-order valence-corrected chi connectivity index (χ4v) is 7.23. The van der Waals surface area contributed by atoms with Crippen molar-refractivity contribution in [3.05, 3.63) is 55.1 Å². The Hall–Kier alpha value is -4.76. The second-order valence-electron chi connectivity index (χ2n) is 15.4. The zero-order chi connectivity index (χ0) is 37.2. The molecule has 7 rings (SSSR count). The molecule has 0 saturated heterocycles. The molecule has 0 radical (unpaired) electrons. The van der Waals surface area contributed by atoms with E-state index < -0.39 is 16.1 Å². The number of rotatable bonds is 13. The van der Waals surface area contributed by atoms with Gasteiger partial charge in [0.2, 0.25) is 0 Å². The average Bonchev–Trinajstić information content (AvgIpc) is 3.91. The first-order chi connectivity index (χ1) is 24.7. The van der Waals surface area contributed by atoms with E-state index in [4.69, 9.17) is 15.3 Å². The largest absolute Gasteiger partial charge is 0.361 e. The van der Waals surface area contributed by atoms with Crippen LogP contribution in [-0.2, 0) is 37.0 Å². The van der Waals surface area contributed by atoms with Crippen LogP contribution in [0.25, 0.3) is 50.5 Å². The number of hydrazine groups is 1. The maximum absolute atomic E-state index is 6.04. The van der Waals surface area contributed by atoms with Crippen LogP contribution in [0.15, 0.2) is 49.3 Å². The third-order valence-corrected chi connectivity index (χ3v) is 12.0. The monoisotopic (exact) mass is 742 g/mol. The van der Waals surface area contributed by atoms with Crippen LogP contribution in [0.4, 0.5) is 5.82 Å². The van der Waals surface area contributed by atoms with Crippen LogP contribution in [0.5, 0.6) is 0 Å². The van der Waals surface area contributed by atoms with Crippen molar-refractivity contribution >= 4 is 49.9 Å². The summed E-state index contributed by atoms with van der Waals surface area (Å²) >= 11 is 0. The number of nitrogens with one attached hydrogen (secondary N) is 1. The number of nitrogens with zero attached hydrogens (tertiary/aromatic N) is 12. The van der Waals surface area contributed by atoms with Gasteiger partial charge >= 0.3 is 0 Å². The van der Waals surface area contributed by atoms with Crippen LogP contribution >= 0.6 is 0 Å². The molecule has 3 N–H and O–H groups in total. The molecule has 18 heteroatoms. The lowest BCUT2D eigenvalue weighted by molar-refractivity contribution is 0.0908. The number of hydrogen-bond acceptors (Lipinski definition) is 11. The van der Waals surface area contributed by atoms with E-state index in [-0.39, 0.29) is 0 Å². The molecule has 0 aromatic carbocycles. The van der Waals surface area contributed by atoms with Gasteiger partial charge in [-0.3, -0.25) is 22.9 Å². The molecule has 52 heavy (non-hydrogen) atoms. The Labute approximate surface area is 305 Å². The Morgan fingerprint density at radius 3 is 1.83 bits per heavy atom. The summed E-state index contributed by atoms with van der Waals surface area (Å²) in [6.07, 6.45) is 11.0. The molecule has 16 nitrogen and oxygen atoms in total. The van der Waals surface area contributed by atoms with Gasteiger partial charge in [0.1, 0.15) is 24.8 Å². The van der Waals surface area contributed by atoms with E-state index >= 15 is 0 Å². The number of ether oxygens (including phenoxy) is 2.